The summed E-state index contributed by atoms with van der Waals surface area (Å²) >= 11 is 0. The minimum absolute atomic E-state index is 0.131. The van der Waals surface area contributed by atoms with Gasteiger partial charge in [0.2, 0.25) is 0 Å². The SMILES string of the molecule is Cc1cc(C(=O)NCCCCO)c(C)nn1. The fraction of sp³-hybridized carbons (Fsp3) is 0.545. The molecule has 0 aromatic carbocycles. The van der Waals surface area contributed by atoms with E-state index in [2.05, 4.69) is 15.5 Å². The van der Waals surface area contributed by atoms with E-state index in [0.29, 0.717) is 24.2 Å². The average molecular weight is 223 g/mol. The van der Waals surface area contributed by atoms with Crippen molar-refractivity contribution in [3.05, 3.63) is 23.0 Å². The topological polar surface area (TPSA) is 75.1 Å². The van der Waals surface area contributed by atoms with Crippen LogP contribution in [0.5, 0.6) is 0 Å². The maximum atomic E-state index is 11.7. The Morgan fingerprint density at radius 1 is 1.38 bits per heavy atom. The molecule has 0 spiro atoms. The van der Waals surface area contributed by atoms with Crippen molar-refractivity contribution >= 4 is 5.91 Å². The Hall–Kier alpha value is -1.49. The average Bonchev–Trinajstić information content (AvgIpc) is 2.27. The summed E-state index contributed by atoms with van der Waals surface area (Å²) in [6.07, 6.45) is 1.48. The molecule has 0 atom stereocenters. The summed E-state index contributed by atoms with van der Waals surface area (Å²) in [7, 11) is 0. The fourth-order valence-electron chi connectivity index (χ4n) is 1.31. The van der Waals surface area contributed by atoms with Crippen molar-refractivity contribution in [1.29, 1.82) is 0 Å². The quantitative estimate of drug-likeness (QED) is 0.717. The summed E-state index contributed by atoms with van der Waals surface area (Å²) in [6, 6.07) is 1.73. The van der Waals surface area contributed by atoms with Gasteiger partial charge >= 0.3 is 0 Å². The van der Waals surface area contributed by atoms with Crippen LogP contribution in [0.25, 0.3) is 0 Å². The minimum atomic E-state index is -0.131. The van der Waals surface area contributed by atoms with Gasteiger partial charge in [-0.05, 0) is 32.8 Å². The summed E-state index contributed by atoms with van der Waals surface area (Å²) < 4.78 is 0. The van der Waals surface area contributed by atoms with Crippen molar-refractivity contribution < 1.29 is 9.90 Å². The van der Waals surface area contributed by atoms with Gasteiger partial charge in [-0.1, -0.05) is 0 Å². The van der Waals surface area contributed by atoms with Crippen molar-refractivity contribution in [3.63, 3.8) is 0 Å². The maximum Gasteiger partial charge on any atom is 0.253 e. The maximum absolute atomic E-state index is 11.7. The first kappa shape index (κ1) is 12.6. The highest BCUT2D eigenvalue weighted by atomic mass is 16.2. The number of hydrogen-bond acceptors (Lipinski definition) is 4. The molecule has 1 rings (SSSR count). The normalized spacial score (nSPS) is 10.2. The van der Waals surface area contributed by atoms with Gasteiger partial charge in [0.25, 0.3) is 5.91 Å². The number of unbranched alkanes of at least 4 members (excludes halogenated alkanes) is 1. The molecule has 1 aromatic heterocycles. The molecule has 0 aliphatic heterocycles. The molecule has 0 saturated carbocycles. The highest BCUT2D eigenvalue weighted by Crippen LogP contribution is 2.04. The Labute approximate surface area is 94.9 Å². The standard InChI is InChI=1S/C11H17N3O2/c1-8-7-10(9(2)14-13-8)11(16)12-5-3-4-6-15/h7,15H,3-6H2,1-2H3,(H,12,16). The second-order valence-corrected chi connectivity index (χ2v) is 3.67. The molecule has 0 saturated heterocycles. The van der Waals surface area contributed by atoms with Crippen molar-refractivity contribution in [3.8, 4) is 0 Å². The van der Waals surface area contributed by atoms with E-state index in [1.54, 1.807) is 19.9 Å². The molecule has 88 valence electrons. The van der Waals surface area contributed by atoms with E-state index in [4.69, 9.17) is 5.11 Å². The molecule has 0 aliphatic rings. The zero-order valence-electron chi connectivity index (χ0n) is 9.66. The monoisotopic (exact) mass is 223 g/mol. The molecule has 0 unspecified atom stereocenters. The Bertz CT molecular complexity index is 366. The van der Waals surface area contributed by atoms with Crippen LogP contribution in [0.15, 0.2) is 6.07 Å². The van der Waals surface area contributed by atoms with Crippen LogP contribution in [0.3, 0.4) is 0 Å². The van der Waals surface area contributed by atoms with Gasteiger partial charge in [0.1, 0.15) is 0 Å². The highest BCUT2D eigenvalue weighted by Gasteiger charge is 2.09. The lowest BCUT2D eigenvalue weighted by Gasteiger charge is -2.06. The number of nitrogens with one attached hydrogen (secondary N) is 1. The van der Waals surface area contributed by atoms with E-state index in [0.717, 1.165) is 12.1 Å². The van der Waals surface area contributed by atoms with E-state index < -0.39 is 0 Å². The van der Waals surface area contributed by atoms with Crippen LogP contribution in [0.4, 0.5) is 0 Å². The van der Waals surface area contributed by atoms with Gasteiger partial charge in [-0.2, -0.15) is 10.2 Å². The van der Waals surface area contributed by atoms with Gasteiger partial charge in [0, 0.05) is 13.2 Å². The van der Waals surface area contributed by atoms with Crippen LogP contribution in [0.2, 0.25) is 0 Å². The predicted octanol–water partition coefficient (Wildman–Crippen LogP) is 0.596. The summed E-state index contributed by atoms with van der Waals surface area (Å²) in [5, 5.41) is 19.1. The van der Waals surface area contributed by atoms with Crippen LogP contribution in [-0.4, -0.2) is 34.4 Å². The molecule has 0 fully saturated rings. The Morgan fingerprint density at radius 3 is 2.81 bits per heavy atom. The van der Waals surface area contributed by atoms with Crippen LogP contribution < -0.4 is 5.32 Å². The molecule has 16 heavy (non-hydrogen) atoms. The fourth-order valence-corrected chi connectivity index (χ4v) is 1.31. The third kappa shape index (κ3) is 3.58. The van der Waals surface area contributed by atoms with E-state index in [1.807, 2.05) is 0 Å². The van der Waals surface area contributed by atoms with Gasteiger partial charge in [0.05, 0.1) is 17.0 Å². The molecular weight excluding hydrogens is 206 g/mol. The zero-order chi connectivity index (χ0) is 12.0. The number of nitrogens with zero attached hydrogens (tertiary/aromatic N) is 2. The van der Waals surface area contributed by atoms with Gasteiger partial charge < -0.3 is 10.4 Å². The number of aryl methyl sites for hydroxylation is 2. The number of aromatic nitrogens is 2. The van der Waals surface area contributed by atoms with E-state index >= 15 is 0 Å². The van der Waals surface area contributed by atoms with Gasteiger partial charge in [0.15, 0.2) is 0 Å². The number of aliphatic hydroxyl groups excluding tert-OH is 1. The summed E-state index contributed by atoms with van der Waals surface area (Å²) in [5.74, 6) is -0.131. The largest absolute Gasteiger partial charge is 0.396 e. The molecule has 0 aliphatic carbocycles. The third-order valence-corrected chi connectivity index (χ3v) is 2.22. The number of amides is 1. The number of rotatable bonds is 5. The van der Waals surface area contributed by atoms with Crippen LogP contribution in [-0.2, 0) is 0 Å². The van der Waals surface area contributed by atoms with Crippen molar-refractivity contribution in [1.82, 2.24) is 15.5 Å². The minimum Gasteiger partial charge on any atom is -0.396 e. The van der Waals surface area contributed by atoms with E-state index in [1.165, 1.54) is 0 Å². The molecule has 5 heteroatoms. The first-order valence-corrected chi connectivity index (χ1v) is 5.35. The molecule has 5 nitrogen and oxygen atoms in total. The lowest BCUT2D eigenvalue weighted by molar-refractivity contribution is 0.0950. The highest BCUT2D eigenvalue weighted by molar-refractivity contribution is 5.95. The molecule has 0 radical (unpaired) electrons. The Balaban J connectivity index is 2.55. The number of carbonyl (C=O) groups excluding carboxylic acids is 1. The predicted molar refractivity (Wildman–Crippen MR) is 60.2 cm³/mol. The smallest absolute Gasteiger partial charge is 0.253 e. The first-order valence-electron chi connectivity index (χ1n) is 5.35. The second kappa shape index (κ2) is 6.17. The van der Waals surface area contributed by atoms with E-state index in [9.17, 15) is 4.79 Å². The number of carbonyl (C=O) groups is 1. The molecule has 1 amide bonds. The van der Waals surface area contributed by atoms with Crippen molar-refractivity contribution in [2.75, 3.05) is 13.2 Å². The van der Waals surface area contributed by atoms with Crippen LogP contribution in [0, 0.1) is 13.8 Å². The molecular formula is C11H17N3O2. The molecule has 0 bridgehead atoms. The summed E-state index contributed by atoms with van der Waals surface area (Å²) in [5.41, 5.74) is 1.92. The zero-order valence-corrected chi connectivity index (χ0v) is 9.66. The molecule has 2 N–H and O–H groups in total. The van der Waals surface area contributed by atoms with Gasteiger partial charge in [-0.3, -0.25) is 4.79 Å². The molecule has 1 aromatic rings. The lowest BCUT2D eigenvalue weighted by Crippen LogP contribution is -2.26. The van der Waals surface area contributed by atoms with Crippen molar-refractivity contribution in [2.24, 2.45) is 0 Å². The number of aliphatic hydroxyl groups is 1. The van der Waals surface area contributed by atoms with Crippen molar-refractivity contribution in [2.45, 2.75) is 26.7 Å². The van der Waals surface area contributed by atoms with E-state index in [-0.39, 0.29) is 12.5 Å². The Kier molecular flexibility index (Phi) is 4.85. The van der Waals surface area contributed by atoms with Crippen LogP contribution >= 0.6 is 0 Å². The Morgan fingerprint density at radius 2 is 2.12 bits per heavy atom. The molecule has 1 heterocycles. The second-order valence-electron chi connectivity index (χ2n) is 3.67. The number of hydrogen-bond donors (Lipinski definition) is 2. The summed E-state index contributed by atoms with van der Waals surface area (Å²) in [6.45, 7) is 4.29. The first-order chi connectivity index (χ1) is 7.65. The lowest BCUT2D eigenvalue weighted by atomic mass is 10.2. The van der Waals surface area contributed by atoms with Crippen LogP contribution in [0.1, 0.15) is 34.6 Å². The van der Waals surface area contributed by atoms with Gasteiger partial charge in [-0.15, -0.1) is 0 Å². The third-order valence-electron chi connectivity index (χ3n) is 2.22. The summed E-state index contributed by atoms with van der Waals surface area (Å²) in [4.78, 5) is 11.7. The van der Waals surface area contributed by atoms with Gasteiger partial charge in [-0.25, -0.2) is 0 Å².